The normalized spacial score (nSPS) is 10.1. The van der Waals surface area contributed by atoms with Crippen LogP contribution in [0.25, 0.3) is 0 Å². The second-order valence-electron chi connectivity index (χ2n) is 2.94. The molecule has 4 nitrogen and oxygen atoms in total. The number of aryl methyl sites for hydroxylation is 1. The van der Waals surface area contributed by atoms with Gasteiger partial charge in [0.15, 0.2) is 5.78 Å². The van der Waals surface area contributed by atoms with Gasteiger partial charge < -0.3 is 0 Å². The molecule has 0 spiro atoms. The van der Waals surface area contributed by atoms with Crippen LogP contribution in [0.1, 0.15) is 15.9 Å². The summed E-state index contributed by atoms with van der Waals surface area (Å²) in [6, 6.07) is 3.08. The Morgan fingerprint density at radius 2 is 2.20 bits per heavy atom. The average molecular weight is 384 g/mol. The summed E-state index contributed by atoms with van der Waals surface area (Å²) in [5, 5.41) is 10.9. The van der Waals surface area contributed by atoms with E-state index in [0.717, 1.165) is 0 Å². The van der Waals surface area contributed by atoms with Crippen molar-refractivity contribution in [1.82, 2.24) is 0 Å². The third kappa shape index (κ3) is 2.75. The molecule has 0 unspecified atom stereocenters. The van der Waals surface area contributed by atoms with Gasteiger partial charge in [0.2, 0.25) is 0 Å². The first-order valence-corrected chi connectivity index (χ1v) is 6.21. The van der Waals surface area contributed by atoms with Crippen LogP contribution >= 0.6 is 38.5 Å². The molecule has 6 heteroatoms. The van der Waals surface area contributed by atoms with E-state index in [0.29, 0.717) is 14.7 Å². The second kappa shape index (κ2) is 5.02. The molecule has 0 radical (unpaired) electrons. The highest BCUT2D eigenvalue weighted by atomic mass is 127. The number of nitrogens with zero attached hydrogens (tertiary/aromatic N) is 1. The van der Waals surface area contributed by atoms with Gasteiger partial charge in [-0.1, -0.05) is 15.9 Å². The molecule has 1 rings (SSSR count). The number of nitro benzene ring substituents is 1. The Morgan fingerprint density at radius 3 is 2.60 bits per heavy atom. The van der Waals surface area contributed by atoms with E-state index in [1.165, 1.54) is 6.07 Å². The molecule has 0 aromatic heterocycles. The quantitative estimate of drug-likeness (QED) is 0.265. The molecule has 80 valence electrons. The van der Waals surface area contributed by atoms with E-state index >= 15 is 0 Å². The van der Waals surface area contributed by atoms with Gasteiger partial charge >= 0.3 is 0 Å². The van der Waals surface area contributed by atoms with Crippen molar-refractivity contribution >= 4 is 50.0 Å². The van der Waals surface area contributed by atoms with E-state index < -0.39 is 4.92 Å². The van der Waals surface area contributed by atoms with Crippen molar-refractivity contribution in [3.05, 3.63) is 36.9 Å². The van der Waals surface area contributed by atoms with Crippen molar-refractivity contribution < 1.29 is 9.72 Å². The van der Waals surface area contributed by atoms with E-state index in [1.54, 1.807) is 13.0 Å². The zero-order chi connectivity index (χ0) is 11.6. The van der Waals surface area contributed by atoms with E-state index in [2.05, 4.69) is 15.9 Å². The van der Waals surface area contributed by atoms with Gasteiger partial charge in [-0.05, 0) is 41.6 Å². The molecular weight excluding hydrogens is 377 g/mol. The second-order valence-corrected chi connectivity index (χ2v) is 4.66. The van der Waals surface area contributed by atoms with Crippen LogP contribution in [0.4, 0.5) is 5.69 Å². The minimum Gasteiger partial charge on any atom is -0.293 e. The summed E-state index contributed by atoms with van der Waals surface area (Å²) in [5.41, 5.74) is 1.08. The fourth-order valence-electron chi connectivity index (χ4n) is 1.21. The Labute approximate surface area is 108 Å². The maximum absolute atomic E-state index is 11.4. The summed E-state index contributed by atoms with van der Waals surface area (Å²) in [7, 11) is 0. The van der Waals surface area contributed by atoms with Crippen LogP contribution < -0.4 is 0 Å². The zero-order valence-electron chi connectivity index (χ0n) is 7.79. The number of carbonyl (C=O) groups excluding carboxylic acids is 1. The molecule has 15 heavy (non-hydrogen) atoms. The molecule has 0 heterocycles. The van der Waals surface area contributed by atoms with Crippen molar-refractivity contribution in [3.8, 4) is 0 Å². The maximum Gasteiger partial charge on any atom is 0.285 e. The van der Waals surface area contributed by atoms with Gasteiger partial charge in [-0.2, -0.15) is 0 Å². The summed E-state index contributed by atoms with van der Waals surface area (Å²) in [4.78, 5) is 21.6. The van der Waals surface area contributed by atoms with Crippen LogP contribution in [0.2, 0.25) is 0 Å². The fourth-order valence-corrected chi connectivity index (χ4v) is 2.49. The molecule has 0 aliphatic carbocycles. The van der Waals surface area contributed by atoms with Crippen molar-refractivity contribution in [2.45, 2.75) is 6.92 Å². The Hall–Kier alpha value is -0.500. The lowest BCUT2D eigenvalue weighted by molar-refractivity contribution is -0.386. The number of alkyl halides is 1. The Morgan fingerprint density at radius 1 is 1.60 bits per heavy atom. The minimum atomic E-state index is -0.431. The van der Waals surface area contributed by atoms with Crippen molar-refractivity contribution in [2.75, 3.05) is 5.33 Å². The molecule has 0 aliphatic rings. The average Bonchev–Trinajstić information content (AvgIpc) is 2.14. The number of Topliss-reactive ketones (excluding diaryl/α,β-unsaturated/α-hetero) is 1. The first-order valence-electron chi connectivity index (χ1n) is 4.01. The molecular formula is C9H7BrINO3. The van der Waals surface area contributed by atoms with E-state index in [-0.39, 0.29) is 16.8 Å². The molecule has 0 saturated heterocycles. The number of hydrogen-bond donors (Lipinski definition) is 0. The van der Waals surface area contributed by atoms with Gasteiger partial charge in [0, 0.05) is 11.1 Å². The lowest BCUT2D eigenvalue weighted by Crippen LogP contribution is -2.03. The molecule has 0 N–H and O–H groups in total. The van der Waals surface area contributed by atoms with Gasteiger partial charge in [0.1, 0.15) is 0 Å². The van der Waals surface area contributed by atoms with Gasteiger partial charge in [-0.15, -0.1) is 0 Å². The van der Waals surface area contributed by atoms with Gasteiger partial charge in [-0.25, -0.2) is 0 Å². The summed E-state index contributed by atoms with van der Waals surface area (Å²) in [6.45, 7) is 1.63. The third-order valence-electron chi connectivity index (χ3n) is 1.88. The van der Waals surface area contributed by atoms with Crippen molar-refractivity contribution in [2.24, 2.45) is 0 Å². The number of hydrogen-bond acceptors (Lipinski definition) is 3. The Kier molecular flexibility index (Phi) is 4.21. The summed E-state index contributed by atoms with van der Waals surface area (Å²) in [5.74, 6) is -0.0779. The van der Waals surface area contributed by atoms with Gasteiger partial charge in [0.05, 0.1) is 13.8 Å². The van der Waals surface area contributed by atoms with Crippen LogP contribution in [0.3, 0.4) is 0 Å². The maximum atomic E-state index is 11.4. The molecule has 1 aromatic carbocycles. The zero-order valence-corrected chi connectivity index (χ0v) is 11.5. The molecule has 0 atom stereocenters. The molecule has 0 bridgehead atoms. The minimum absolute atomic E-state index is 0.0710. The number of benzene rings is 1. The smallest absolute Gasteiger partial charge is 0.285 e. The topological polar surface area (TPSA) is 60.2 Å². The SMILES string of the molecule is Cc1cc(C(=O)CBr)cc(I)c1[N+](=O)[O-]. The first-order chi connectivity index (χ1) is 6.97. The molecule has 0 fully saturated rings. The third-order valence-corrected chi connectivity index (χ3v) is 3.21. The van der Waals surface area contributed by atoms with Crippen LogP contribution in [-0.2, 0) is 0 Å². The van der Waals surface area contributed by atoms with Gasteiger partial charge in [-0.3, -0.25) is 14.9 Å². The predicted octanol–water partition coefficient (Wildman–Crippen LogP) is 3.09. The fraction of sp³-hybridized carbons (Fsp3) is 0.222. The van der Waals surface area contributed by atoms with Crippen LogP contribution in [0.15, 0.2) is 12.1 Å². The standard InChI is InChI=1S/C9H7BrINO3/c1-5-2-6(8(13)4-10)3-7(11)9(5)12(14)15/h2-3H,4H2,1H3. The monoisotopic (exact) mass is 383 g/mol. The first kappa shape index (κ1) is 12.6. The number of carbonyl (C=O) groups is 1. The summed E-state index contributed by atoms with van der Waals surface area (Å²) < 4.78 is 0.488. The van der Waals surface area contributed by atoms with E-state index in [4.69, 9.17) is 0 Å². The van der Waals surface area contributed by atoms with E-state index in [1.807, 2.05) is 22.6 Å². The summed E-state index contributed by atoms with van der Waals surface area (Å²) in [6.07, 6.45) is 0. The molecule has 0 aliphatic heterocycles. The van der Waals surface area contributed by atoms with Gasteiger partial charge in [0.25, 0.3) is 5.69 Å². The number of rotatable bonds is 3. The highest BCUT2D eigenvalue weighted by Gasteiger charge is 2.18. The Balaban J connectivity index is 3.31. The number of halogens is 2. The Bertz CT molecular complexity index is 410. The predicted molar refractivity (Wildman–Crippen MR) is 68.7 cm³/mol. The number of ketones is 1. The molecule has 0 saturated carbocycles. The van der Waals surface area contributed by atoms with Crippen molar-refractivity contribution in [1.29, 1.82) is 0 Å². The number of nitro groups is 1. The lowest BCUT2D eigenvalue weighted by atomic mass is 10.1. The highest BCUT2D eigenvalue weighted by Crippen LogP contribution is 2.26. The van der Waals surface area contributed by atoms with Crippen molar-refractivity contribution in [3.63, 3.8) is 0 Å². The van der Waals surface area contributed by atoms with E-state index in [9.17, 15) is 14.9 Å². The highest BCUT2D eigenvalue weighted by molar-refractivity contribution is 14.1. The molecule has 1 aromatic rings. The summed E-state index contributed by atoms with van der Waals surface area (Å²) >= 11 is 4.93. The largest absolute Gasteiger partial charge is 0.293 e. The van der Waals surface area contributed by atoms with Crippen LogP contribution in [-0.4, -0.2) is 16.0 Å². The van der Waals surface area contributed by atoms with Crippen LogP contribution in [0.5, 0.6) is 0 Å². The van der Waals surface area contributed by atoms with Crippen LogP contribution in [0, 0.1) is 20.6 Å². The molecule has 0 amide bonds. The lowest BCUT2D eigenvalue weighted by Gasteiger charge is -2.03.